The predicted octanol–water partition coefficient (Wildman–Crippen LogP) is 0.880. The van der Waals surface area contributed by atoms with Gasteiger partial charge in [0.15, 0.2) is 5.82 Å². The van der Waals surface area contributed by atoms with Crippen molar-refractivity contribution in [2.75, 3.05) is 37.0 Å². The van der Waals surface area contributed by atoms with Gasteiger partial charge in [-0.2, -0.15) is 0 Å². The number of carboxylic acids is 1. The van der Waals surface area contributed by atoms with E-state index >= 15 is 0 Å². The van der Waals surface area contributed by atoms with Crippen LogP contribution in [0.2, 0.25) is 0 Å². The van der Waals surface area contributed by atoms with Gasteiger partial charge in [-0.05, 0) is 12.1 Å². The Hall–Kier alpha value is -2.13. The summed E-state index contributed by atoms with van der Waals surface area (Å²) in [7, 11) is 0. The van der Waals surface area contributed by atoms with E-state index in [0.717, 1.165) is 49.4 Å². The topological polar surface area (TPSA) is 104 Å². The van der Waals surface area contributed by atoms with E-state index in [2.05, 4.69) is 25.1 Å². The zero-order chi connectivity index (χ0) is 15.4. The molecule has 22 heavy (non-hydrogen) atoms. The van der Waals surface area contributed by atoms with Crippen LogP contribution in [0.3, 0.4) is 0 Å². The fourth-order valence-corrected chi connectivity index (χ4v) is 2.59. The first kappa shape index (κ1) is 14.8. The van der Waals surface area contributed by atoms with Gasteiger partial charge < -0.3 is 14.7 Å². The number of hydrogen-bond donors (Lipinski definition) is 2. The smallest absolute Gasteiger partial charge is 0.313 e. The number of ether oxygens (including phenoxy) is 1. The summed E-state index contributed by atoms with van der Waals surface area (Å²) in [4.78, 5) is 21.4. The zero-order valence-corrected chi connectivity index (χ0v) is 12.5. The number of hydrogen-bond acceptors (Lipinski definition) is 7. The van der Waals surface area contributed by atoms with Crippen LogP contribution in [-0.2, 0) is 9.53 Å². The number of thioether (sulfide) groups is 1. The summed E-state index contributed by atoms with van der Waals surface area (Å²) in [6.07, 6.45) is 1.73. The van der Waals surface area contributed by atoms with E-state index in [9.17, 15) is 4.79 Å². The second kappa shape index (κ2) is 6.75. The van der Waals surface area contributed by atoms with Crippen molar-refractivity contribution in [3.8, 4) is 11.4 Å². The number of nitrogens with one attached hydrogen (secondary N) is 1. The molecule has 0 spiro atoms. The Morgan fingerprint density at radius 3 is 2.91 bits per heavy atom. The minimum atomic E-state index is -0.895. The van der Waals surface area contributed by atoms with Gasteiger partial charge in [0.2, 0.25) is 5.16 Å². The van der Waals surface area contributed by atoms with Crippen molar-refractivity contribution in [3.05, 3.63) is 18.3 Å². The van der Waals surface area contributed by atoms with Gasteiger partial charge in [-0.1, -0.05) is 11.8 Å². The molecule has 0 saturated carbocycles. The number of carboxylic acid groups (broad SMARTS) is 1. The van der Waals surface area contributed by atoms with Gasteiger partial charge in [0.05, 0.1) is 19.0 Å². The average Bonchev–Trinajstić information content (AvgIpc) is 3.03. The first-order valence-corrected chi connectivity index (χ1v) is 7.77. The van der Waals surface area contributed by atoms with E-state index in [1.807, 2.05) is 12.1 Å². The average molecular weight is 321 g/mol. The minimum absolute atomic E-state index is 0.0640. The summed E-state index contributed by atoms with van der Waals surface area (Å²) in [5.74, 6) is 0.528. The van der Waals surface area contributed by atoms with Crippen molar-refractivity contribution >= 4 is 23.5 Å². The third-order valence-corrected chi connectivity index (χ3v) is 3.98. The Kier molecular flexibility index (Phi) is 4.54. The molecule has 0 atom stereocenters. The second-order valence-electron chi connectivity index (χ2n) is 4.65. The fraction of sp³-hybridized carbons (Fsp3) is 0.385. The van der Waals surface area contributed by atoms with Crippen molar-refractivity contribution in [3.63, 3.8) is 0 Å². The van der Waals surface area contributed by atoms with Gasteiger partial charge >= 0.3 is 5.97 Å². The molecule has 0 radical (unpaired) electrons. The van der Waals surface area contributed by atoms with Crippen molar-refractivity contribution < 1.29 is 14.6 Å². The maximum atomic E-state index is 10.5. The van der Waals surface area contributed by atoms with Crippen LogP contribution in [0.1, 0.15) is 0 Å². The van der Waals surface area contributed by atoms with E-state index in [1.54, 1.807) is 6.20 Å². The Bertz CT molecular complexity index is 639. The molecule has 0 aromatic carbocycles. The minimum Gasteiger partial charge on any atom is -0.481 e. The molecule has 3 rings (SSSR count). The van der Waals surface area contributed by atoms with E-state index < -0.39 is 5.97 Å². The van der Waals surface area contributed by atoms with Gasteiger partial charge in [0, 0.05) is 24.8 Å². The lowest BCUT2D eigenvalue weighted by molar-refractivity contribution is -0.133. The lowest BCUT2D eigenvalue weighted by atomic mass is 10.2. The van der Waals surface area contributed by atoms with Crippen LogP contribution in [0.4, 0.5) is 5.82 Å². The number of rotatable bonds is 5. The lowest BCUT2D eigenvalue weighted by Crippen LogP contribution is -2.36. The molecule has 3 heterocycles. The zero-order valence-electron chi connectivity index (χ0n) is 11.7. The number of anilines is 1. The van der Waals surface area contributed by atoms with Crippen molar-refractivity contribution in [1.29, 1.82) is 0 Å². The summed E-state index contributed by atoms with van der Waals surface area (Å²) in [6, 6.07) is 3.86. The lowest BCUT2D eigenvalue weighted by Gasteiger charge is -2.27. The Labute approximate surface area is 130 Å². The van der Waals surface area contributed by atoms with Crippen LogP contribution >= 0.6 is 11.8 Å². The van der Waals surface area contributed by atoms with Gasteiger partial charge in [-0.25, -0.2) is 9.97 Å². The summed E-state index contributed by atoms with van der Waals surface area (Å²) in [5.41, 5.74) is 0.812. The Morgan fingerprint density at radius 1 is 1.41 bits per heavy atom. The van der Waals surface area contributed by atoms with Crippen molar-refractivity contribution in [2.45, 2.75) is 5.16 Å². The van der Waals surface area contributed by atoms with Crippen LogP contribution in [0.25, 0.3) is 11.4 Å². The van der Waals surface area contributed by atoms with Gasteiger partial charge in [0.1, 0.15) is 5.82 Å². The number of aromatic amines is 1. The molecule has 2 aromatic heterocycles. The summed E-state index contributed by atoms with van der Waals surface area (Å²) < 4.78 is 5.32. The highest BCUT2D eigenvalue weighted by Gasteiger charge is 2.13. The molecule has 8 nitrogen and oxygen atoms in total. The molecule has 1 fully saturated rings. The van der Waals surface area contributed by atoms with Crippen molar-refractivity contribution in [1.82, 2.24) is 20.2 Å². The highest BCUT2D eigenvalue weighted by atomic mass is 32.2. The molecule has 9 heteroatoms. The van der Waals surface area contributed by atoms with Crippen LogP contribution in [0, 0.1) is 0 Å². The third-order valence-electron chi connectivity index (χ3n) is 3.15. The predicted molar refractivity (Wildman–Crippen MR) is 81.0 cm³/mol. The summed E-state index contributed by atoms with van der Waals surface area (Å²) in [6.45, 7) is 3.11. The highest BCUT2D eigenvalue weighted by Crippen LogP contribution is 2.21. The molecule has 2 N–H and O–H groups in total. The Morgan fingerprint density at radius 2 is 2.23 bits per heavy atom. The second-order valence-corrected chi connectivity index (χ2v) is 5.60. The molecule has 0 amide bonds. The SMILES string of the molecule is O=C(O)CSc1n[nH]c(-c2ccc(N3CCOCC3)nc2)n1. The molecule has 1 saturated heterocycles. The van der Waals surface area contributed by atoms with Gasteiger partial charge in [0.25, 0.3) is 0 Å². The molecule has 0 unspecified atom stereocenters. The molecule has 1 aliphatic rings. The van der Waals surface area contributed by atoms with E-state index in [0.29, 0.717) is 11.0 Å². The number of H-pyrrole nitrogens is 1. The van der Waals surface area contributed by atoms with E-state index in [1.165, 1.54) is 0 Å². The van der Waals surface area contributed by atoms with Gasteiger partial charge in [-0.3, -0.25) is 9.89 Å². The number of morpholine rings is 1. The monoisotopic (exact) mass is 321 g/mol. The number of aromatic nitrogens is 4. The first-order valence-electron chi connectivity index (χ1n) is 6.78. The van der Waals surface area contributed by atoms with Gasteiger partial charge in [-0.15, -0.1) is 5.10 Å². The highest BCUT2D eigenvalue weighted by molar-refractivity contribution is 7.99. The first-order chi connectivity index (χ1) is 10.7. The molecule has 2 aromatic rings. The normalized spacial score (nSPS) is 15.0. The summed E-state index contributed by atoms with van der Waals surface area (Å²) >= 11 is 1.07. The fourth-order valence-electron chi connectivity index (χ4n) is 2.07. The third kappa shape index (κ3) is 3.55. The Balaban J connectivity index is 1.68. The van der Waals surface area contributed by atoms with Crippen LogP contribution in [-0.4, -0.2) is 63.3 Å². The van der Waals surface area contributed by atoms with E-state index in [4.69, 9.17) is 9.84 Å². The maximum absolute atomic E-state index is 10.5. The standard InChI is InChI=1S/C13H15N5O3S/c19-11(20)8-22-13-15-12(16-17-13)9-1-2-10(14-7-9)18-3-5-21-6-4-18/h1-2,7H,3-6,8H2,(H,19,20)(H,15,16,17). The van der Waals surface area contributed by atoms with Crippen LogP contribution in [0.5, 0.6) is 0 Å². The van der Waals surface area contributed by atoms with E-state index in [-0.39, 0.29) is 5.75 Å². The molecule has 116 valence electrons. The summed E-state index contributed by atoms with van der Waals surface area (Å²) in [5, 5.41) is 15.8. The molecular weight excluding hydrogens is 306 g/mol. The molecule has 1 aliphatic heterocycles. The number of nitrogens with zero attached hydrogens (tertiary/aromatic N) is 4. The molecule has 0 aliphatic carbocycles. The van der Waals surface area contributed by atoms with Crippen LogP contribution in [0.15, 0.2) is 23.5 Å². The quantitative estimate of drug-likeness (QED) is 0.782. The number of pyridine rings is 1. The van der Waals surface area contributed by atoms with Crippen LogP contribution < -0.4 is 4.90 Å². The maximum Gasteiger partial charge on any atom is 0.313 e. The van der Waals surface area contributed by atoms with Crippen molar-refractivity contribution in [2.24, 2.45) is 0 Å². The largest absolute Gasteiger partial charge is 0.481 e. The number of carbonyl (C=O) groups is 1. The molecular formula is C13H15N5O3S. The number of aliphatic carboxylic acids is 1. The molecule has 0 bridgehead atoms.